The van der Waals surface area contributed by atoms with E-state index in [1.807, 2.05) is 17.9 Å². The largest absolute Gasteiger partial charge is 0.382 e. The minimum Gasteiger partial charge on any atom is -0.382 e. The van der Waals surface area contributed by atoms with Gasteiger partial charge in [0.2, 0.25) is 0 Å². The Labute approximate surface area is 131 Å². The van der Waals surface area contributed by atoms with Gasteiger partial charge in [-0.2, -0.15) is 0 Å². The van der Waals surface area contributed by atoms with Crippen molar-refractivity contribution in [1.29, 1.82) is 0 Å². The Kier molecular flexibility index (Phi) is 6.45. The number of halogens is 1. The first-order valence-electron chi connectivity index (χ1n) is 7.82. The van der Waals surface area contributed by atoms with Crippen LogP contribution in [0.15, 0.2) is 24.3 Å². The Hall–Kier alpha value is -1.82. The van der Waals surface area contributed by atoms with E-state index in [1.54, 1.807) is 17.0 Å². The molecule has 0 atom stereocenters. The molecule has 0 spiro atoms. The standard InChI is InChI=1S/C16H24FN3O2/c1-2-22-13-5-8-18-16(21)20-11-9-19(10-12-20)15-7-4-3-6-14(15)17/h3-4,6-7H,2,5,8-13H2,1H3,(H,18,21). The molecule has 122 valence electrons. The molecule has 22 heavy (non-hydrogen) atoms. The lowest BCUT2D eigenvalue weighted by Gasteiger charge is -2.36. The average Bonchev–Trinajstić information content (AvgIpc) is 2.55. The number of carbonyl (C=O) groups excluding carboxylic acids is 1. The fraction of sp³-hybridized carbons (Fsp3) is 0.562. The van der Waals surface area contributed by atoms with Crippen LogP contribution in [-0.2, 0) is 4.74 Å². The molecule has 1 heterocycles. The number of amides is 2. The SMILES string of the molecule is CCOCCCNC(=O)N1CCN(c2ccccc2F)CC1. The van der Waals surface area contributed by atoms with Crippen molar-refractivity contribution in [1.82, 2.24) is 10.2 Å². The molecule has 1 aromatic rings. The predicted molar refractivity (Wildman–Crippen MR) is 84.7 cm³/mol. The number of nitrogens with zero attached hydrogens (tertiary/aromatic N) is 2. The lowest BCUT2D eigenvalue weighted by Crippen LogP contribution is -2.52. The van der Waals surface area contributed by atoms with Crippen LogP contribution < -0.4 is 10.2 Å². The zero-order chi connectivity index (χ0) is 15.8. The zero-order valence-corrected chi connectivity index (χ0v) is 13.1. The number of benzene rings is 1. The molecule has 0 bridgehead atoms. The molecule has 0 aromatic heterocycles. The summed E-state index contributed by atoms with van der Waals surface area (Å²) in [6.07, 6.45) is 0.814. The molecule has 0 unspecified atom stereocenters. The minimum atomic E-state index is -0.212. The monoisotopic (exact) mass is 309 g/mol. The van der Waals surface area contributed by atoms with Crippen molar-refractivity contribution in [3.63, 3.8) is 0 Å². The molecule has 1 saturated heterocycles. The molecule has 1 aliphatic rings. The molecule has 2 rings (SSSR count). The van der Waals surface area contributed by atoms with Crippen molar-refractivity contribution in [2.75, 3.05) is 50.8 Å². The molecule has 5 nitrogen and oxygen atoms in total. The maximum Gasteiger partial charge on any atom is 0.317 e. The van der Waals surface area contributed by atoms with Gasteiger partial charge in [-0.3, -0.25) is 0 Å². The smallest absolute Gasteiger partial charge is 0.317 e. The summed E-state index contributed by atoms with van der Waals surface area (Å²) in [7, 11) is 0. The summed E-state index contributed by atoms with van der Waals surface area (Å²) in [6.45, 7) is 6.43. The van der Waals surface area contributed by atoms with Gasteiger partial charge in [-0.15, -0.1) is 0 Å². The third kappa shape index (κ3) is 4.59. The lowest BCUT2D eigenvalue weighted by atomic mass is 10.2. The summed E-state index contributed by atoms with van der Waals surface area (Å²) in [5, 5.41) is 2.89. The number of nitrogens with one attached hydrogen (secondary N) is 1. The van der Waals surface area contributed by atoms with Crippen LogP contribution >= 0.6 is 0 Å². The highest BCUT2D eigenvalue weighted by Gasteiger charge is 2.22. The maximum atomic E-state index is 13.8. The molecular weight excluding hydrogens is 285 g/mol. The molecule has 1 aliphatic heterocycles. The van der Waals surface area contributed by atoms with Crippen molar-refractivity contribution < 1.29 is 13.9 Å². The Morgan fingerprint density at radius 3 is 2.68 bits per heavy atom. The van der Waals surface area contributed by atoms with E-state index in [1.165, 1.54) is 6.07 Å². The van der Waals surface area contributed by atoms with Gasteiger partial charge in [0.05, 0.1) is 5.69 Å². The molecule has 0 aliphatic carbocycles. The molecule has 1 N–H and O–H groups in total. The fourth-order valence-electron chi connectivity index (χ4n) is 2.48. The zero-order valence-electron chi connectivity index (χ0n) is 13.1. The summed E-state index contributed by atoms with van der Waals surface area (Å²) < 4.78 is 19.0. The van der Waals surface area contributed by atoms with E-state index >= 15 is 0 Å². The number of piperazine rings is 1. The normalized spacial score (nSPS) is 15.0. The van der Waals surface area contributed by atoms with E-state index in [0.717, 1.165) is 6.42 Å². The number of para-hydroxylation sites is 1. The third-order valence-electron chi connectivity index (χ3n) is 3.71. The van der Waals surface area contributed by atoms with E-state index in [2.05, 4.69) is 5.32 Å². The van der Waals surface area contributed by atoms with Crippen LogP contribution in [0.25, 0.3) is 0 Å². The molecular formula is C16H24FN3O2. The van der Waals surface area contributed by atoms with Crippen LogP contribution in [0.4, 0.5) is 14.9 Å². The van der Waals surface area contributed by atoms with Crippen molar-refractivity contribution in [3.05, 3.63) is 30.1 Å². The number of anilines is 1. The van der Waals surface area contributed by atoms with Crippen molar-refractivity contribution in [2.24, 2.45) is 0 Å². The van der Waals surface area contributed by atoms with Crippen LogP contribution in [0, 0.1) is 5.82 Å². The molecule has 1 fully saturated rings. The van der Waals surface area contributed by atoms with Gasteiger partial charge < -0.3 is 19.9 Å². The molecule has 2 amide bonds. The summed E-state index contributed by atoms with van der Waals surface area (Å²) in [5.41, 5.74) is 0.610. The molecule has 6 heteroatoms. The molecule has 0 saturated carbocycles. The Morgan fingerprint density at radius 2 is 2.00 bits per heavy atom. The van der Waals surface area contributed by atoms with Crippen LogP contribution in [-0.4, -0.2) is 56.9 Å². The first kappa shape index (κ1) is 16.5. The predicted octanol–water partition coefficient (Wildman–Crippen LogP) is 2.08. The van der Waals surface area contributed by atoms with Crippen molar-refractivity contribution in [3.8, 4) is 0 Å². The van der Waals surface area contributed by atoms with Gasteiger partial charge in [0.1, 0.15) is 5.82 Å². The fourth-order valence-corrected chi connectivity index (χ4v) is 2.48. The van der Waals surface area contributed by atoms with Crippen molar-refractivity contribution in [2.45, 2.75) is 13.3 Å². The van der Waals surface area contributed by atoms with Gasteiger partial charge in [0, 0.05) is 45.9 Å². The van der Waals surface area contributed by atoms with Gasteiger partial charge in [0.25, 0.3) is 0 Å². The molecule has 1 aromatic carbocycles. The van der Waals surface area contributed by atoms with Crippen LogP contribution in [0.3, 0.4) is 0 Å². The number of rotatable bonds is 6. The number of hydrogen-bond donors (Lipinski definition) is 1. The maximum absolute atomic E-state index is 13.8. The van der Waals surface area contributed by atoms with Crippen LogP contribution in [0.1, 0.15) is 13.3 Å². The lowest BCUT2D eigenvalue weighted by molar-refractivity contribution is 0.143. The first-order chi connectivity index (χ1) is 10.7. The van der Waals surface area contributed by atoms with Crippen LogP contribution in [0.5, 0.6) is 0 Å². The summed E-state index contributed by atoms with van der Waals surface area (Å²) in [6, 6.07) is 6.70. The van der Waals surface area contributed by atoms with Crippen molar-refractivity contribution >= 4 is 11.7 Å². The summed E-state index contributed by atoms with van der Waals surface area (Å²) >= 11 is 0. The minimum absolute atomic E-state index is 0.0512. The molecule has 0 radical (unpaired) electrons. The highest BCUT2D eigenvalue weighted by molar-refractivity contribution is 5.74. The van der Waals surface area contributed by atoms with E-state index in [9.17, 15) is 9.18 Å². The Bertz CT molecular complexity index is 476. The van der Waals surface area contributed by atoms with E-state index in [-0.39, 0.29) is 11.8 Å². The average molecular weight is 309 g/mol. The van der Waals surface area contributed by atoms with Gasteiger partial charge in [0.15, 0.2) is 0 Å². The Balaban J connectivity index is 1.72. The van der Waals surface area contributed by atoms with Gasteiger partial charge in [-0.1, -0.05) is 12.1 Å². The quantitative estimate of drug-likeness (QED) is 0.818. The Morgan fingerprint density at radius 1 is 1.27 bits per heavy atom. The van der Waals surface area contributed by atoms with E-state index in [4.69, 9.17) is 4.74 Å². The number of urea groups is 1. The number of carbonyl (C=O) groups is 1. The van der Waals surface area contributed by atoms with E-state index < -0.39 is 0 Å². The summed E-state index contributed by atoms with van der Waals surface area (Å²) in [4.78, 5) is 15.8. The first-order valence-corrected chi connectivity index (χ1v) is 7.82. The van der Waals surface area contributed by atoms with Gasteiger partial charge >= 0.3 is 6.03 Å². The second-order valence-electron chi connectivity index (χ2n) is 5.21. The number of ether oxygens (including phenoxy) is 1. The second kappa shape index (κ2) is 8.58. The highest BCUT2D eigenvalue weighted by Crippen LogP contribution is 2.20. The van der Waals surface area contributed by atoms with Gasteiger partial charge in [-0.25, -0.2) is 9.18 Å². The highest BCUT2D eigenvalue weighted by atomic mass is 19.1. The van der Waals surface area contributed by atoms with E-state index in [0.29, 0.717) is 51.6 Å². The second-order valence-corrected chi connectivity index (χ2v) is 5.21. The van der Waals surface area contributed by atoms with Crippen LogP contribution in [0.2, 0.25) is 0 Å². The topological polar surface area (TPSA) is 44.8 Å². The third-order valence-corrected chi connectivity index (χ3v) is 3.71. The summed E-state index contributed by atoms with van der Waals surface area (Å²) in [5.74, 6) is -0.212. The number of hydrogen-bond acceptors (Lipinski definition) is 3. The van der Waals surface area contributed by atoms with Gasteiger partial charge in [-0.05, 0) is 25.5 Å².